The third-order valence-electron chi connectivity index (χ3n) is 6.16. The fourth-order valence-corrected chi connectivity index (χ4v) is 6.78. The minimum Gasteiger partial charge on any atom is -0.480 e. The van der Waals surface area contributed by atoms with Crippen molar-refractivity contribution in [2.24, 2.45) is 10.9 Å². The van der Waals surface area contributed by atoms with Gasteiger partial charge in [0.05, 0.1) is 24.3 Å². The topological polar surface area (TPSA) is 91.2 Å². The number of ether oxygens (including phenoxy) is 1. The number of aliphatic carboxylic acids is 1. The van der Waals surface area contributed by atoms with Gasteiger partial charge in [0.2, 0.25) is 0 Å². The van der Waals surface area contributed by atoms with Gasteiger partial charge < -0.3 is 14.7 Å². The van der Waals surface area contributed by atoms with E-state index in [4.69, 9.17) is 4.74 Å². The van der Waals surface area contributed by atoms with Crippen LogP contribution in [0.5, 0.6) is 0 Å². The van der Waals surface area contributed by atoms with E-state index in [9.17, 15) is 19.1 Å². The lowest BCUT2D eigenvalue weighted by Crippen LogP contribution is -2.49. The maximum Gasteiger partial charge on any atom is 0.323 e. The number of benzene rings is 1. The zero-order chi connectivity index (χ0) is 24.7. The van der Waals surface area contributed by atoms with Gasteiger partial charge in [-0.3, -0.25) is 15.1 Å². The zero-order valence-corrected chi connectivity index (χ0v) is 21.6. The first-order valence-corrected chi connectivity index (χ1v) is 13.4. The van der Waals surface area contributed by atoms with Crippen LogP contribution in [0.15, 0.2) is 29.3 Å². The molecule has 1 heterocycles. The SMILES string of the molecule is CC1CCC(N(CCOCc2ccccc2F)C(=O)NC2=NCC(SC(C)(C)C(=O)O)S2)CC1. The Morgan fingerprint density at radius 1 is 1.29 bits per heavy atom. The van der Waals surface area contributed by atoms with Gasteiger partial charge in [-0.25, -0.2) is 9.18 Å². The molecule has 1 aromatic rings. The highest BCUT2D eigenvalue weighted by Gasteiger charge is 2.35. The molecule has 1 aliphatic heterocycles. The van der Waals surface area contributed by atoms with Crippen LogP contribution >= 0.6 is 23.5 Å². The second-order valence-electron chi connectivity index (χ2n) is 9.31. The molecule has 1 unspecified atom stereocenters. The van der Waals surface area contributed by atoms with Crippen LogP contribution < -0.4 is 5.32 Å². The molecule has 10 heteroatoms. The Morgan fingerprint density at radius 3 is 2.68 bits per heavy atom. The number of nitrogens with zero attached hydrogens (tertiary/aromatic N) is 2. The minimum atomic E-state index is -0.924. The van der Waals surface area contributed by atoms with Crippen molar-refractivity contribution in [2.75, 3.05) is 19.7 Å². The summed E-state index contributed by atoms with van der Waals surface area (Å²) in [4.78, 5) is 30.9. The first-order valence-electron chi connectivity index (χ1n) is 11.7. The summed E-state index contributed by atoms with van der Waals surface area (Å²) in [7, 11) is 0. The molecule has 7 nitrogen and oxygen atoms in total. The van der Waals surface area contributed by atoms with Crippen molar-refractivity contribution in [3.8, 4) is 0 Å². The predicted molar refractivity (Wildman–Crippen MR) is 136 cm³/mol. The van der Waals surface area contributed by atoms with Crippen molar-refractivity contribution in [3.63, 3.8) is 0 Å². The Kier molecular flexibility index (Phi) is 9.67. The Balaban J connectivity index is 1.54. The molecular weight excluding hydrogens is 477 g/mol. The van der Waals surface area contributed by atoms with Crippen LogP contribution in [-0.2, 0) is 16.1 Å². The van der Waals surface area contributed by atoms with Gasteiger partial charge in [-0.15, -0.1) is 11.8 Å². The number of urea groups is 1. The molecule has 1 saturated carbocycles. The molecule has 1 fully saturated rings. The number of amidine groups is 1. The molecule has 2 aliphatic rings. The summed E-state index contributed by atoms with van der Waals surface area (Å²) in [6.07, 6.45) is 4.02. The number of nitrogens with one attached hydrogen (secondary N) is 1. The smallest absolute Gasteiger partial charge is 0.323 e. The molecule has 1 aliphatic carbocycles. The number of thioether (sulfide) groups is 2. The molecule has 1 aromatic carbocycles. The van der Waals surface area contributed by atoms with E-state index in [-0.39, 0.29) is 29.1 Å². The van der Waals surface area contributed by atoms with E-state index in [0.717, 1.165) is 25.7 Å². The van der Waals surface area contributed by atoms with E-state index >= 15 is 0 Å². The van der Waals surface area contributed by atoms with Crippen molar-refractivity contribution >= 4 is 40.7 Å². The van der Waals surface area contributed by atoms with Crippen molar-refractivity contribution in [2.45, 2.75) is 68.4 Å². The van der Waals surface area contributed by atoms with Crippen LogP contribution in [0.4, 0.5) is 9.18 Å². The Hall–Kier alpha value is -1.78. The fraction of sp³-hybridized carbons (Fsp3) is 0.625. The average molecular weight is 512 g/mol. The number of carbonyl (C=O) groups excluding carboxylic acids is 1. The standard InChI is InChI=1S/C24H34FN3O4S2/c1-16-8-10-18(11-9-16)28(12-13-32-15-17-6-4-5-7-19(17)25)23(31)27-22-26-14-20(33-22)34-24(2,3)21(29)30/h4-7,16,18,20H,8-15H2,1-3H3,(H,29,30)(H,26,27,31). The summed E-state index contributed by atoms with van der Waals surface area (Å²) >= 11 is 2.73. The van der Waals surface area contributed by atoms with Crippen LogP contribution in [0, 0.1) is 11.7 Å². The van der Waals surface area contributed by atoms with E-state index in [1.54, 1.807) is 32.0 Å². The van der Waals surface area contributed by atoms with E-state index < -0.39 is 10.7 Å². The number of carbonyl (C=O) groups is 2. The molecule has 188 valence electrons. The Bertz CT molecular complexity index is 891. The summed E-state index contributed by atoms with van der Waals surface area (Å²) in [5, 5.41) is 12.8. The predicted octanol–water partition coefficient (Wildman–Crippen LogP) is 4.96. The number of halogens is 1. The van der Waals surface area contributed by atoms with Crippen molar-refractivity contribution in [1.82, 2.24) is 10.2 Å². The zero-order valence-electron chi connectivity index (χ0n) is 20.0. The van der Waals surface area contributed by atoms with Crippen LogP contribution in [0.1, 0.15) is 52.0 Å². The highest BCUT2D eigenvalue weighted by molar-refractivity contribution is 8.25. The molecule has 0 radical (unpaired) electrons. The highest BCUT2D eigenvalue weighted by Crippen LogP contribution is 2.38. The molecule has 1 atom stereocenters. The van der Waals surface area contributed by atoms with Crippen molar-refractivity contribution in [3.05, 3.63) is 35.6 Å². The van der Waals surface area contributed by atoms with Gasteiger partial charge in [0.15, 0.2) is 5.17 Å². The summed E-state index contributed by atoms with van der Waals surface area (Å²) in [6.45, 7) is 6.90. The van der Waals surface area contributed by atoms with Gasteiger partial charge in [0.25, 0.3) is 0 Å². The number of carboxylic acid groups (broad SMARTS) is 1. The summed E-state index contributed by atoms with van der Waals surface area (Å²) in [5.74, 6) is -0.514. The van der Waals surface area contributed by atoms with Crippen LogP contribution in [0.3, 0.4) is 0 Å². The van der Waals surface area contributed by atoms with Gasteiger partial charge in [-0.2, -0.15) is 0 Å². The summed E-state index contributed by atoms with van der Waals surface area (Å²) in [6, 6.07) is 6.42. The number of carboxylic acids is 1. The number of hydrogen-bond donors (Lipinski definition) is 2. The number of hydrogen-bond acceptors (Lipinski definition) is 6. The first-order chi connectivity index (χ1) is 16.2. The number of amides is 2. The Morgan fingerprint density at radius 2 is 2.00 bits per heavy atom. The monoisotopic (exact) mass is 511 g/mol. The van der Waals surface area contributed by atoms with Crippen LogP contribution in [-0.4, -0.2) is 62.2 Å². The van der Waals surface area contributed by atoms with E-state index in [2.05, 4.69) is 17.2 Å². The minimum absolute atomic E-state index is 0.0607. The molecule has 2 N–H and O–H groups in total. The second-order valence-corrected chi connectivity index (χ2v) is 12.6. The molecule has 3 rings (SSSR count). The van der Waals surface area contributed by atoms with Gasteiger partial charge >= 0.3 is 12.0 Å². The van der Waals surface area contributed by atoms with Gasteiger partial charge in [0, 0.05) is 18.2 Å². The number of rotatable bonds is 9. The molecule has 0 aromatic heterocycles. The third-order valence-corrected chi connectivity index (χ3v) is 8.78. The molecule has 0 saturated heterocycles. The average Bonchev–Trinajstić information content (AvgIpc) is 3.21. The maximum atomic E-state index is 13.8. The van der Waals surface area contributed by atoms with E-state index in [1.165, 1.54) is 29.6 Å². The third kappa shape index (κ3) is 7.61. The van der Waals surface area contributed by atoms with Crippen molar-refractivity contribution in [1.29, 1.82) is 0 Å². The van der Waals surface area contributed by atoms with E-state index in [0.29, 0.717) is 36.3 Å². The van der Waals surface area contributed by atoms with Gasteiger partial charge in [0.1, 0.15) is 10.6 Å². The number of aliphatic imine (C=N–C) groups is 1. The quantitative estimate of drug-likeness (QED) is 0.456. The molecular formula is C24H34FN3O4S2. The lowest BCUT2D eigenvalue weighted by atomic mass is 9.86. The van der Waals surface area contributed by atoms with E-state index in [1.807, 2.05) is 4.90 Å². The lowest BCUT2D eigenvalue weighted by molar-refractivity contribution is -0.138. The lowest BCUT2D eigenvalue weighted by Gasteiger charge is -2.36. The maximum absolute atomic E-state index is 13.8. The van der Waals surface area contributed by atoms with Crippen LogP contribution in [0.2, 0.25) is 0 Å². The molecule has 34 heavy (non-hydrogen) atoms. The van der Waals surface area contributed by atoms with Gasteiger partial charge in [-0.1, -0.05) is 36.9 Å². The summed E-state index contributed by atoms with van der Waals surface area (Å²) in [5.41, 5.74) is 0.495. The molecule has 2 amide bonds. The fourth-order valence-electron chi connectivity index (χ4n) is 3.99. The second kappa shape index (κ2) is 12.3. The van der Waals surface area contributed by atoms with Crippen molar-refractivity contribution < 1.29 is 23.8 Å². The van der Waals surface area contributed by atoms with Gasteiger partial charge in [-0.05, 0) is 51.5 Å². The first kappa shape index (κ1) is 26.8. The normalized spacial score (nSPS) is 22.8. The Labute approximate surface area is 209 Å². The largest absolute Gasteiger partial charge is 0.480 e. The van der Waals surface area contributed by atoms with Crippen LogP contribution in [0.25, 0.3) is 0 Å². The highest BCUT2D eigenvalue weighted by atomic mass is 32.2. The molecule has 0 spiro atoms. The summed E-state index contributed by atoms with van der Waals surface area (Å²) < 4.78 is 18.6. The molecule has 0 bridgehead atoms.